The van der Waals surface area contributed by atoms with Crippen LogP contribution in [0.4, 0.5) is 0 Å². The van der Waals surface area contributed by atoms with Gasteiger partial charge in [-0.05, 0) is 37.0 Å². The summed E-state index contributed by atoms with van der Waals surface area (Å²) >= 11 is 6.10. The Bertz CT molecular complexity index is 413. The Balaban J connectivity index is 1.79. The van der Waals surface area contributed by atoms with Gasteiger partial charge in [0.25, 0.3) is 0 Å². The molecule has 2 rings (SSSR count). The molecule has 0 aromatic heterocycles. The molecule has 0 heterocycles. The van der Waals surface area contributed by atoms with Crippen LogP contribution in [0.25, 0.3) is 0 Å². The Morgan fingerprint density at radius 1 is 1.47 bits per heavy atom. The van der Waals surface area contributed by atoms with Gasteiger partial charge in [0.1, 0.15) is 5.78 Å². The van der Waals surface area contributed by atoms with Crippen molar-refractivity contribution in [3.63, 3.8) is 0 Å². The molecule has 0 unspecified atom stereocenters. The van der Waals surface area contributed by atoms with Crippen molar-refractivity contribution in [2.45, 2.75) is 38.6 Å². The lowest BCUT2D eigenvalue weighted by molar-refractivity contribution is -0.118. The summed E-state index contributed by atoms with van der Waals surface area (Å²) < 4.78 is 0. The highest BCUT2D eigenvalue weighted by Crippen LogP contribution is 2.19. The van der Waals surface area contributed by atoms with Gasteiger partial charge in [-0.2, -0.15) is 0 Å². The molecular weight excluding hydrogens is 234 g/mol. The number of carbonyl (C=O) groups is 1. The van der Waals surface area contributed by atoms with Gasteiger partial charge < -0.3 is 5.32 Å². The second-order valence-corrected chi connectivity index (χ2v) is 5.20. The van der Waals surface area contributed by atoms with Crippen molar-refractivity contribution < 1.29 is 4.79 Å². The maximum absolute atomic E-state index is 11.8. The highest BCUT2D eigenvalue weighted by molar-refractivity contribution is 6.31. The predicted octanol–water partition coefficient (Wildman–Crippen LogP) is 2.90. The van der Waals surface area contributed by atoms with Crippen molar-refractivity contribution in [3.05, 3.63) is 34.3 Å². The second-order valence-electron chi connectivity index (χ2n) is 4.79. The van der Waals surface area contributed by atoms with Gasteiger partial charge in [0.05, 0.1) is 0 Å². The van der Waals surface area contributed by atoms with Gasteiger partial charge in [-0.3, -0.25) is 4.79 Å². The van der Waals surface area contributed by atoms with Crippen LogP contribution >= 0.6 is 11.6 Å². The van der Waals surface area contributed by atoms with Gasteiger partial charge in [0.2, 0.25) is 0 Å². The molecule has 1 saturated carbocycles. The Morgan fingerprint density at radius 2 is 2.24 bits per heavy atom. The van der Waals surface area contributed by atoms with Crippen LogP contribution < -0.4 is 5.32 Å². The Kier molecular flexibility index (Phi) is 4.19. The first-order chi connectivity index (χ1) is 8.15. The molecule has 0 radical (unpaired) electrons. The smallest absolute Gasteiger partial charge is 0.138 e. The Morgan fingerprint density at radius 3 is 2.88 bits per heavy atom. The average Bonchev–Trinajstić information content (AvgIpc) is 3.06. The van der Waals surface area contributed by atoms with Crippen LogP contribution in [0.3, 0.4) is 0 Å². The van der Waals surface area contributed by atoms with E-state index in [2.05, 4.69) is 5.32 Å². The summed E-state index contributed by atoms with van der Waals surface area (Å²) in [4.78, 5) is 11.8. The Labute approximate surface area is 107 Å². The molecule has 1 aliphatic carbocycles. The fourth-order valence-electron chi connectivity index (χ4n) is 1.80. The zero-order valence-corrected chi connectivity index (χ0v) is 10.9. The van der Waals surface area contributed by atoms with Crippen molar-refractivity contribution in [2.75, 3.05) is 6.54 Å². The van der Waals surface area contributed by atoms with Crippen molar-refractivity contribution in [3.8, 4) is 0 Å². The lowest BCUT2D eigenvalue weighted by Gasteiger charge is -2.05. The minimum atomic E-state index is 0.254. The second kappa shape index (κ2) is 5.65. The predicted molar refractivity (Wildman–Crippen MR) is 70.5 cm³/mol. The maximum Gasteiger partial charge on any atom is 0.138 e. The monoisotopic (exact) mass is 251 g/mol. The van der Waals surface area contributed by atoms with Gasteiger partial charge in [-0.1, -0.05) is 23.7 Å². The van der Waals surface area contributed by atoms with Gasteiger partial charge in [0, 0.05) is 30.5 Å². The van der Waals surface area contributed by atoms with E-state index < -0.39 is 0 Å². The van der Waals surface area contributed by atoms with Gasteiger partial charge in [0.15, 0.2) is 0 Å². The van der Waals surface area contributed by atoms with E-state index in [-0.39, 0.29) is 5.78 Å². The zero-order chi connectivity index (χ0) is 12.3. The van der Waals surface area contributed by atoms with Crippen LogP contribution in [-0.2, 0) is 11.2 Å². The number of halogens is 1. The van der Waals surface area contributed by atoms with E-state index in [1.807, 2.05) is 25.1 Å². The molecule has 1 aliphatic rings. The lowest BCUT2D eigenvalue weighted by atomic mass is 10.1. The molecule has 92 valence electrons. The average molecular weight is 252 g/mol. The van der Waals surface area contributed by atoms with Crippen LogP contribution in [0, 0.1) is 6.92 Å². The third-order valence-corrected chi connectivity index (χ3v) is 3.36. The number of rotatable bonds is 6. The largest absolute Gasteiger partial charge is 0.314 e. The molecule has 0 atom stereocenters. The summed E-state index contributed by atoms with van der Waals surface area (Å²) in [5.74, 6) is 0.254. The minimum absolute atomic E-state index is 0.254. The first-order valence-electron chi connectivity index (χ1n) is 6.15. The summed E-state index contributed by atoms with van der Waals surface area (Å²) in [5, 5.41) is 4.05. The van der Waals surface area contributed by atoms with Gasteiger partial charge >= 0.3 is 0 Å². The SMILES string of the molecule is Cc1ccc(CC(=O)CCNC2CC2)c(Cl)c1. The van der Waals surface area contributed by atoms with Crippen LogP contribution in [0.1, 0.15) is 30.4 Å². The molecule has 0 spiro atoms. The zero-order valence-electron chi connectivity index (χ0n) is 10.1. The molecule has 3 heteroatoms. The van der Waals surface area contributed by atoms with Crippen molar-refractivity contribution in [1.29, 1.82) is 0 Å². The topological polar surface area (TPSA) is 29.1 Å². The molecule has 2 nitrogen and oxygen atoms in total. The Hall–Kier alpha value is -0.860. The van der Waals surface area contributed by atoms with E-state index in [1.165, 1.54) is 12.8 Å². The molecule has 1 fully saturated rings. The number of carbonyl (C=O) groups excluding carboxylic acids is 1. The van der Waals surface area contributed by atoms with Crippen LogP contribution in [0.2, 0.25) is 5.02 Å². The summed E-state index contributed by atoms with van der Waals surface area (Å²) in [5.41, 5.74) is 2.07. The molecule has 0 saturated heterocycles. The lowest BCUT2D eigenvalue weighted by Crippen LogP contribution is -2.20. The van der Waals surface area contributed by atoms with Gasteiger partial charge in [-0.25, -0.2) is 0 Å². The van der Waals surface area contributed by atoms with Crippen LogP contribution in [0.5, 0.6) is 0 Å². The first-order valence-corrected chi connectivity index (χ1v) is 6.53. The summed E-state index contributed by atoms with van der Waals surface area (Å²) in [6, 6.07) is 6.53. The molecule has 17 heavy (non-hydrogen) atoms. The van der Waals surface area contributed by atoms with Crippen molar-refractivity contribution in [2.24, 2.45) is 0 Å². The normalized spacial score (nSPS) is 14.9. The van der Waals surface area contributed by atoms with Crippen LogP contribution in [0.15, 0.2) is 18.2 Å². The van der Waals surface area contributed by atoms with Gasteiger partial charge in [-0.15, -0.1) is 0 Å². The highest BCUT2D eigenvalue weighted by Gasteiger charge is 2.20. The van der Waals surface area contributed by atoms with E-state index in [0.717, 1.165) is 17.7 Å². The third-order valence-electron chi connectivity index (χ3n) is 3.01. The number of benzene rings is 1. The molecule has 1 N–H and O–H groups in total. The number of nitrogens with one attached hydrogen (secondary N) is 1. The summed E-state index contributed by atoms with van der Waals surface area (Å²) in [6.45, 7) is 2.80. The molecular formula is C14H18ClNO. The van der Waals surface area contributed by atoms with Crippen molar-refractivity contribution >= 4 is 17.4 Å². The molecule has 1 aromatic rings. The third kappa shape index (κ3) is 4.14. The maximum atomic E-state index is 11.8. The quantitative estimate of drug-likeness (QED) is 0.842. The van der Waals surface area contributed by atoms with E-state index in [4.69, 9.17) is 11.6 Å². The van der Waals surface area contributed by atoms with Crippen molar-refractivity contribution in [1.82, 2.24) is 5.32 Å². The highest BCUT2D eigenvalue weighted by atomic mass is 35.5. The molecule has 0 bridgehead atoms. The summed E-state index contributed by atoms with van der Waals surface area (Å²) in [6.07, 6.45) is 3.57. The first kappa shape index (κ1) is 12.6. The fraction of sp³-hybridized carbons (Fsp3) is 0.500. The fourth-order valence-corrected chi connectivity index (χ4v) is 2.10. The van der Waals surface area contributed by atoms with E-state index >= 15 is 0 Å². The van der Waals surface area contributed by atoms with E-state index in [0.29, 0.717) is 23.9 Å². The summed E-state index contributed by atoms with van der Waals surface area (Å²) in [7, 11) is 0. The van der Waals surface area contributed by atoms with E-state index in [9.17, 15) is 4.79 Å². The minimum Gasteiger partial charge on any atom is -0.314 e. The number of hydrogen-bond donors (Lipinski definition) is 1. The number of hydrogen-bond acceptors (Lipinski definition) is 2. The molecule has 0 aliphatic heterocycles. The number of ketones is 1. The number of aryl methyl sites for hydroxylation is 1. The van der Waals surface area contributed by atoms with Crippen LogP contribution in [-0.4, -0.2) is 18.4 Å². The van der Waals surface area contributed by atoms with E-state index in [1.54, 1.807) is 0 Å². The standard InChI is InChI=1S/C14H18ClNO/c1-10-2-3-11(14(15)8-10)9-13(17)6-7-16-12-4-5-12/h2-3,8,12,16H,4-7,9H2,1H3. The molecule has 1 aromatic carbocycles. The molecule has 0 amide bonds. The number of Topliss-reactive ketones (excluding diaryl/α,β-unsaturated/α-hetero) is 1.